The van der Waals surface area contributed by atoms with Crippen molar-refractivity contribution in [2.45, 2.75) is 6.92 Å². The molecule has 0 fully saturated rings. The highest BCUT2D eigenvalue weighted by atomic mass is 16.5. The molecule has 0 aliphatic heterocycles. The summed E-state index contributed by atoms with van der Waals surface area (Å²) in [5.74, 6) is 0.0283. The molecular weight excluding hydrogens is 206 g/mol. The Kier molecular flexibility index (Phi) is 2.48. The number of aromatic amines is 1. The molecule has 0 saturated carbocycles. The van der Waals surface area contributed by atoms with Crippen LogP contribution < -0.4 is 15.7 Å². The minimum Gasteiger partial charge on any atom is -0.491 e. The monoisotopic (exact) mass is 217 g/mol. The van der Waals surface area contributed by atoms with Crippen LogP contribution in [0, 0.1) is 6.92 Å². The van der Waals surface area contributed by atoms with E-state index in [1.54, 1.807) is 12.1 Å². The molecule has 2 aromatic rings. The van der Waals surface area contributed by atoms with Crippen molar-refractivity contribution in [2.75, 3.05) is 7.11 Å². The quantitative estimate of drug-likeness (QED) is 0.781. The summed E-state index contributed by atoms with van der Waals surface area (Å²) in [5.41, 5.74) is 0.734. The van der Waals surface area contributed by atoms with E-state index in [2.05, 4.69) is 4.98 Å². The summed E-state index contributed by atoms with van der Waals surface area (Å²) in [5, 5.41) is 0.517. The third kappa shape index (κ3) is 1.58. The average molecular weight is 217 g/mol. The summed E-state index contributed by atoms with van der Waals surface area (Å²) < 4.78 is 4.85. The van der Waals surface area contributed by atoms with E-state index in [1.807, 2.05) is 13.0 Å². The minimum atomic E-state index is -0.403. The van der Waals surface area contributed by atoms with E-state index in [0.29, 0.717) is 10.9 Å². The summed E-state index contributed by atoms with van der Waals surface area (Å²) in [4.78, 5) is 26.1. The van der Waals surface area contributed by atoms with Gasteiger partial charge in [0.25, 0.3) is 5.56 Å². The second-order valence-corrected chi connectivity index (χ2v) is 3.53. The molecule has 0 spiro atoms. The first-order valence-corrected chi connectivity index (χ1v) is 4.84. The van der Waals surface area contributed by atoms with Crippen molar-refractivity contribution in [3.8, 4) is 5.75 Å². The van der Waals surface area contributed by atoms with Crippen molar-refractivity contribution in [2.24, 2.45) is 0 Å². The molecule has 0 saturated heterocycles. The number of aryl methyl sites for hydroxylation is 1. The Morgan fingerprint density at radius 2 is 2.00 bits per heavy atom. The van der Waals surface area contributed by atoms with Crippen LogP contribution in [-0.2, 0) is 0 Å². The average Bonchev–Trinajstić information content (AvgIpc) is 2.36. The van der Waals surface area contributed by atoms with Gasteiger partial charge in [0, 0.05) is 11.5 Å². The van der Waals surface area contributed by atoms with Crippen molar-refractivity contribution in [1.29, 1.82) is 0 Å². The lowest BCUT2D eigenvalue weighted by atomic mass is 10.1. The molecule has 0 unspecified atom stereocenters. The summed E-state index contributed by atoms with van der Waals surface area (Å²) in [6.07, 6.45) is 0. The molecule has 0 radical (unpaired) electrons. The first-order valence-electron chi connectivity index (χ1n) is 4.84. The van der Waals surface area contributed by atoms with Crippen molar-refractivity contribution in [3.63, 3.8) is 0 Å². The van der Waals surface area contributed by atoms with E-state index in [1.165, 1.54) is 13.2 Å². The predicted octanol–water partition coefficient (Wildman–Crippen LogP) is 1.21. The molecule has 1 N–H and O–H groups in total. The van der Waals surface area contributed by atoms with Gasteiger partial charge in [-0.2, -0.15) is 0 Å². The minimum absolute atomic E-state index is 0.0283. The molecule has 0 aliphatic carbocycles. The van der Waals surface area contributed by atoms with Gasteiger partial charge in [0.1, 0.15) is 0 Å². The molecule has 16 heavy (non-hydrogen) atoms. The Morgan fingerprint density at radius 3 is 2.69 bits per heavy atom. The second-order valence-electron chi connectivity index (χ2n) is 3.53. The maximum absolute atomic E-state index is 11.9. The Balaban J connectivity index is 3.08. The summed E-state index contributed by atoms with van der Waals surface area (Å²) in [6, 6.07) is 6.53. The van der Waals surface area contributed by atoms with Gasteiger partial charge < -0.3 is 9.72 Å². The maximum atomic E-state index is 11.9. The Hall–Kier alpha value is -2.10. The lowest BCUT2D eigenvalue weighted by molar-refractivity contribution is 0.409. The maximum Gasteiger partial charge on any atom is 0.290 e. The number of rotatable bonds is 1. The molecule has 0 amide bonds. The number of benzene rings is 1. The molecule has 0 bridgehead atoms. The molecule has 4 heteroatoms. The van der Waals surface area contributed by atoms with E-state index in [0.717, 1.165) is 5.56 Å². The van der Waals surface area contributed by atoms with Crippen LogP contribution >= 0.6 is 0 Å². The van der Waals surface area contributed by atoms with Gasteiger partial charge in [-0.3, -0.25) is 9.59 Å². The number of aromatic nitrogens is 1. The topological polar surface area (TPSA) is 59.2 Å². The lowest BCUT2D eigenvalue weighted by Gasteiger charge is -1.94. The van der Waals surface area contributed by atoms with Crippen molar-refractivity contribution in [3.05, 3.63) is 50.4 Å². The van der Waals surface area contributed by atoms with Crippen LogP contribution in [0.2, 0.25) is 0 Å². The van der Waals surface area contributed by atoms with Crippen LogP contribution in [0.25, 0.3) is 10.9 Å². The Labute approximate surface area is 91.5 Å². The SMILES string of the molecule is COc1cc(=O)c2c(C)cccc2[nH]c1=O. The van der Waals surface area contributed by atoms with Crippen LogP contribution in [0.1, 0.15) is 5.56 Å². The van der Waals surface area contributed by atoms with Crippen LogP contribution in [-0.4, -0.2) is 12.1 Å². The predicted molar refractivity (Wildman–Crippen MR) is 62.1 cm³/mol. The number of H-pyrrole nitrogens is 1. The van der Waals surface area contributed by atoms with E-state index >= 15 is 0 Å². The smallest absolute Gasteiger partial charge is 0.290 e. The molecule has 2 rings (SSSR count). The van der Waals surface area contributed by atoms with Crippen LogP contribution in [0.3, 0.4) is 0 Å². The Morgan fingerprint density at radius 1 is 1.25 bits per heavy atom. The molecule has 1 aromatic carbocycles. The van der Waals surface area contributed by atoms with E-state index < -0.39 is 5.56 Å². The van der Waals surface area contributed by atoms with Gasteiger partial charge in [-0.1, -0.05) is 12.1 Å². The molecule has 4 nitrogen and oxygen atoms in total. The fraction of sp³-hybridized carbons (Fsp3) is 0.167. The normalized spacial score (nSPS) is 10.4. The third-order valence-electron chi connectivity index (χ3n) is 2.47. The Bertz CT molecular complexity index is 658. The lowest BCUT2D eigenvalue weighted by Crippen LogP contribution is -2.05. The highest BCUT2D eigenvalue weighted by Crippen LogP contribution is 2.11. The molecule has 1 heterocycles. The first-order chi connectivity index (χ1) is 7.63. The molecular formula is C12H11NO3. The third-order valence-corrected chi connectivity index (χ3v) is 2.47. The van der Waals surface area contributed by atoms with Gasteiger partial charge in [-0.15, -0.1) is 0 Å². The number of hydrogen-bond acceptors (Lipinski definition) is 3. The number of methoxy groups -OCH3 is 1. The molecule has 0 aliphatic rings. The number of ether oxygens (including phenoxy) is 1. The first kappa shape index (κ1) is 10.4. The fourth-order valence-electron chi connectivity index (χ4n) is 1.69. The summed E-state index contributed by atoms with van der Waals surface area (Å²) >= 11 is 0. The van der Waals surface area contributed by atoms with Crippen LogP contribution in [0.4, 0.5) is 0 Å². The van der Waals surface area contributed by atoms with Gasteiger partial charge in [0.15, 0.2) is 11.2 Å². The van der Waals surface area contributed by atoms with Crippen LogP contribution in [0.5, 0.6) is 5.75 Å². The number of hydrogen-bond donors (Lipinski definition) is 1. The van der Waals surface area contributed by atoms with Gasteiger partial charge in [0.2, 0.25) is 0 Å². The summed E-state index contributed by atoms with van der Waals surface area (Å²) in [6.45, 7) is 1.83. The van der Waals surface area contributed by atoms with Gasteiger partial charge in [0.05, 0.1) is 12.6 Å². The second kappa shape index (κ2) is 3.81. The fourth-order valence-corrected chi connectivity index (χ4v) is 1.69. The number of nitrogens with one attached hydrogen (secondary N) is 1. The zero-order valence-corrected chi connectivity index (χ0v) is 9.03. The zero-order valence-electron chi connectivity index (χ0n) is 9.03. The van der Waals surface area contributed by atoms with Gasteiger partial charge in [-0.05, 0) is 18.6 Å². The van der Waals surface area contributed by atoms with Gasteiger partial charge >= 0.3 is 0 Å². The standard InChI is InChI=1S/C12H11NO3/c1-7-4-3-5-8-11(7)9(14)6-10(16-2)12(15)13-8/h3-6H,1-2H3,(H,13,15). The zero-order chi connectivity index (χ0) is 11.7. The molecule has 82 valence electrons. The summed E-state index contributed by atoms with van der Waals surface area (Å²) in [7, 11) is 1.36. The van der Waals surface area contributed by atoms with Gasteiger partial charge in [-0.25, -0.2) is 0 Å². The highest BCUT2D eigenvalue weighted by molar-refractivity contribution is 5.81. The van der Waals surface area contributed by atoms with Crippen LogP contribution in [0.15, 0.2) is 33.9 Å². The molecule has 0 atom stereocenters. The molecule has 1 aromatic heterocycles. The number of fused-ring (bicyclic) bond motifs is 1. The van der Waals surface area contributed by atoms with Crippen molar-refractivity contribution >= 4 is 10.9 Å². The highest BCUT2D eigenvalue weighted by Gasteiger charge is 2.04. The van der Waals surface area contributed by atoms with E-state index in [9.17, 15) is 9.59 Å². The largest absolute Gasteiger partial charge is 0.491 e. The van der Waals surface area contributed by atoms with E-state index in [4.69, 9.17) is 4.74 Å². The van der Waals surface area contributed by atoms with E-state index in [-0.39, 0.29) is 11.2 Å². The van der Waals surface area contributed by atoms with Crippen molar-refractivity contribution in [1.82, 2.24) is 4.98 Å². The van der Waals surface area contributed by atoms with Crippen molar-refractivity contribution < 1.29 is 4.74 Å².